The Balaban J connectivity index is 1.31. The van der Waals surface area contributed by atoms with Gasteiger partial charge in [0.25, 0.3) is 5.91 Å². The first kappa shape index (κ1) is 19.7. The van der Waals surface area contributed by atoms with E-state index in [1.165, 1.54) is 19.3 Å². The summed E-state index contributed by atoms with van der Waals surface area (Å²) < 4.78 is 0. The lowest BCUT2D eigenvalue weighted by Crippen LogP contribution is -2.92. The zero-order valence-electron chi connectivity index (χ0n) is 16.7. The molecule has 4 aliphatic rings. The lowest BCUT2D eigenvalue weighted by molar-refractivity contribution is -0.710. The highest BCUT2D eigenvalue weighted by molar-refractivity contribution is 6.31. The smallest absolute Gasteiger partial charge is 0.322 e. The van der Waals surface area contributed by atoms with Crippen molar-refractivity contribution in [3.8, 4) is 0 Å². The number of amides is 3. The van der Waals surface area contributed by atoms with Crippen molar-refractivity contribution < 1.29 is 14.9 Å². The number of urea groups is 1. The lowest BCUT2D eigenvalue weighted by atomic mass is 9.53. The minimum Gasteiger partial charge on any atom is -0.332 e. The van der Waals surface area contributed by atoms with Gasteiger partial charge in [0.2, 0.25) is 0 Å². The third-order valence-corrected chi connectivity index (χ3v) is 7.38. The molecule has 152 valence electrons. The Morgan fingerprint density at radius 3 is 2.21 bits per heavy atom. The number of carbonyl (C=O) groups is 2. The quantitative estimate of drug-likeness (QED) is 0.705. The molecule has 4 N–H and O–H groups in total. The molecule has 5 rings (SSSR count). The van der Waals surface area contributed by atoms with Crippen molar-refractivity contribution in [2.24, 2.45) is 17.8 Å². The van der Waals surface area contributed by atoms with Crippen LogP contribution >= 0.6 is 11.6 Å². The minimum atomic E-state index is -0.381. The minimum absolute atomic E-state index is 0.0284. The predicted octanol–water partition coefficient (Wildman–Crippen LogP) is 3.15. The van der Waals surface area contributed by atoms with Crippen LogP contribution in [-0.2, 0) is 4.79 Å². The third kappa shape index (κ3) is 4.06. The second-order valence-electron chi connectivity index (χ2n) is 9.43. The first-order valence-corrected chi connectivity index (χ1v) is 10.9. The highest BCUT2D eigenvalue weighted by Crippen LogP contribution is 2.55. The van der Waals surface area contributed by atoms with E-state index in [-0.39, 0.29) is 29.6 Å². The average Bonchev–Trinajstić information content (AvgIpc) is 2.60. The number of nitrogens with one attached hydrogen (secondary N) is 2. The fourth-order valence-corrected chi connectivity index (χ4v) is 6.54. The molecule has 0 radical (unpaired) electrons. The number of quaternary nitrogens is 1. The Bertz CT molecular complexity index is 731. The van der Waals surface area contributed by atoms with Gasteiger partial charge in [0.1, 0.15) is 6.04 Å². The van der Waals surface area contributed by atoms with Crippen LogP contribution in [0.3, 0.4) is 0 Å². The number of rotatable bonds is 5. The fourth-order valence-electron chi connectivity index (χ4n) is 6.23. The number of imide groups is 1. The molecular weight excluding hydrogens is 374 g/mol. The molecule has 0 saturated heterocycles. The largest absolute Gasteiger partial charge is 0.332 e. The topological polar surface area (TPSA) is 74.8 Å². The van der Waals surface area contributed by atoms with Gasteiger partial charge in [-0.15, -0.1) is 0 Å². The summed E-state index contributed by atoms with van der Waals surface area (Å²) in [6, 6.07) is 6.96. The molecule has 0 spiro atoms. The molecule has 4 saturated carbocycles. The molecule has 4 bridgehead atoms. The predicted molar refractivity (Wildman–Crippen MR) is 109 cm³/mol. The molecule has 0 heterocycles. The number of benzene rings is 1. The van der Waals surface area contributed by atoms with Gasteiger partial charge in [-0.25, -0.2) is 4.79 Å². The summed E-state index contributed by atoms with van der Waals surface area (Å²) in [6.07, 6.45) is 7.21. The van der Waals surface area contributed by atoms with Gasteiger partial charge in [-0.2, -0.15) is 0 Å². The van der Waals surface area contributed by atoms with Crippen LogP contribution in [0.5, 0.6) is 0 Å². The summed E-state index contributed by atoms with van der Waals surface area (Å²) >= 11 is 6.25. The van der Waals surface area contributed by atoms with Crippen molar-refractivity contribution in [2.45, 2.75) is 70.0 Å². The molecule has 5 nitrogen and oxygen atoms in total. The molecule has 28 heavy (non-hydrogen) atoms. The fraction of sp³-hybridized carbons (Fsp3) is 0.636. The van der Waals surface area contributed by atoms with Gasteiger partial charge in [0.05, 0.1) is 0 Å². The van der Waals surface area contributed by atoms with Crippen molar-refractivity contribution in [1.82, 2.24) is 10.6 Å². The Morgan fingerprint density at radius 2 is 1.64 bits per heavy atom. The van der Waals surface area contributed by atoms with Crippen molar-refractivity contribution in [2.75, 3.05) is 0 Å². The molecule has 3 amide bonds. The number of hydrogen-bond donors (Lipinski definition) is 3. The van der Waals surface area contributed by atoms with Crippen molar-refractivity contribution in [3.63, 3.8) is 0 Å². The van der Waals surface area contributed by atoms with Crippen molar-refractivity contribution in [3.05, 3.63) is 34.9 Å². The monoisotopic (exact) mass is 404 g/mol. The first-order chi connectivity index (χ1) is 13.3. The van der Waals surface area contributed by atoms with Crippen molar-refractivity contribution in [1.29, 1.82) is 0 Å². The molecule has 2 atom stereocenters. The maximum Gasteiger partial charge on any atom is 0.322 e. The zero-order valence-corrected chi connectivity index (χ0v) is 17.5. The van der Waals surface area contributed by atoms with E-state index in [1.807, 2.05) is 43.4 Å². The standard InChI is InChI=1S/C22H30ClN3O2/c1-13(18-5-3-4-6-19(18)23)24-14(2)20(27)25-21(28)26-22-10-15-7-16(11-22)9-17(8-15)12-22/h3-6,13-17,24H,7-12H2,1-2H3,(H2,25,26,27,28)/p+1/t13-,14+,15?,16?,17?,22?/m1/s1. The molecule has 0 aromatic heterocycles. The van der Waals surface area contributed by atoms with Crippen LogP contribution < -0.4 is 16.0 Å². The molecule has 4 aliphatic carbocycles. The summed E-state index contributed by atoms with van der Waals surface area (Å²) in [6.45, 7) is 3.83. The third-order valence-electron chi connectivity index (χ3n) is 7.04. The Hall–Kier alpha value is -1.59. The van der Waals surface area contributed by atoms with E-state index in [9.17, 15) is 9.59 Å². The van der Waals surface area contributed by atoms with Gasteiger partial charge in [-0.1, -0.05) is 29.8 Å². The van der Waals surface area contributed by atoms with E-state index in [0.717, 1.165) is 42.6 Å². The normalized spacial score (nSPS) is 32.6. The highest BCUT2D eigenvalue weighted by Gasteiger charge is 2.51. The second kappa shape index (κ2) is 7.68. The lowest BCUT2D eigenvalue weighted by Gasteiger charge is -2.56. The molecule has 0 aliphatic heterocycles. The number of halogens is 1. The SMILES string of the molecule is C[C@H]([NH2+][C@H](C)c1ccccc1Cl)C(=O)NC(=O)NC12CC3CC(CC(C3)C1)C2. The molecule has 0 unspecified atom stereocenters. The van der Waals surface area contributed by atoms with E-state index in [2.05, 4.69) is 10.6 Å². The maximum atomic E-state index is 12.6. The van der Waals surface area contributed by atoms with Crippen LogP contribution in [0, 0.1) is 17.8 Å². The Morgan fingerprint density at radius 1 is 1.07 bits per heavy atom. The summed E-state index contributed by atoms with van der Waals surface area (Å²) in [5, 5.41) is 8.40. The van der Waals surface area contributed by atoms with Crippen LogP contribution in [0.25, 0.3) is 0 Å². The van der Waals surface area contributed by atoms with Crippen LogP contribution in [-0.4, -0.2) is 23.5 Å². The van der Waals surface area contributed by atoms with Gasteiger partial charge in [-0.3, -0.25) is 10.1 Å². The van der Waals surface area contributed by atoms with Crippen molar-refractivity contribution >= 4 is 23.5 Å². The number of carbonyl (C=O) groups excluding carboxylic acids is 2. The van der Waals surface area contributed by atoms with Gasteiger partial charge in [-0.05, 0) is 76.2 Å². The van der Waals surface area contributed by atoms with Gasteiger partial charge >= 0.3 is 6.03 Å². The van der Waals surface area contributed by atoms with Crippen LogP contribution in [0.1, 0.15) is 64.0 Å². The molecule has 1 aromatic carbocycles. The van der Waals surface area contributed by atoms with Gasteiger partial charge in [0, 0.05) is 16.1 Å². The number of nitrogens with two attached hydrogens (primary N) is 1. The van der Waals surface area contributed by atoms with Crippen LogP contribution in [0.2, 0.25) is 5.02 Å². The zero-order chi connectivity index (χ0) is 19.9. The van der Waals surface area contributed by atoms with E-state index in [0.29, 0.717) is 5.02 Å². The molecular formula is C22H31ClN3O2+. The summed E-state index contributed by atoms with van der Waals surface area (Å²) in [7, 11) is 0. The maximum absolute atomic E-state index is 12.6. The summed E-state index contributed by atoms with van der Waals surface area (Å²) in [5.41, 5.74) is 0.901. The van der Waals surface area contributed by atoms with E-state index < -0.39 is 0 Å². The Kier molecular flexibility index (Phi) is 5.41. The molecule has 4 fully saturated rings. The van der Waals surface area contributed by atoms with E-state index in [1.54, 1.807) is 0 Å². The number of hydrogen-bond acceptors (Lipinski definition) is 2. The second-order valence-corrected chi connectivity index (χ2v) is 9.84. The first-order valence-electron chi connectivity index (χ1n) is 10.6. The Labute approximate surface area is 172 Å². The summed E-state index contributed by atoms with van der Waals surface area (Å²) in [4.78, 5) is 25.1. The molecule has 6 heteroatoms. The van der Waals surface area contributed by atoms with E-state index in [4.69, 9.17) is 11.6 Å². The highest BCUT2D eigenvalue weighted by atomic mass is 35.5. The van der Waals surface area contributed by atoms with Gasteiger partial charge < -0.3 is 10.6 Å². The summed E-state index contributed by atoms with van der Waals surface area (Å²) in [5.74, 6) is 2.00. The van der Waals surface area contributed by atoms with Crippen LogP contribution in [0.15, 0.2) is 24.3 Å². The van der Waals surface area contributed by atoms with Gasteiger partial charge in [0.15, 0.2) is 6.04 Å². The molecule has 1 aromatic rings. The van der Waals surface area contributed by atoms with E-state index >= 15 is 0 Å². The van der Waals surface area contributed by atoms with Crippen LogP contribution in [0.4, 0.5) is 4.79 Å². The average molecular weight is 405 g/mol.